The second-order valence-corrected chi connectivity index (χ2v) is 3.66. The van der Waals surface area contributed by atoms with Gasteiger partial charge < -0.3 is 4.74 Å². The van der Waals surface area contributed by atoms with Crippen molar-refractivity contribution in [3.05, 3.63) is 65.5 Å². The molecule has 2 nitrogen and oxygen atoms in total. The Bertz CT molecular complexity index is 535. The Morgan fingerprint density at radius 2 is 1.82 bits per heavy atom. The van der Waals surface area contributed by atoms with Gasteiger partial charge in [-0.25, -0.2) is 9.18 Å². The maximum absolute atomic E-state index is 12.9. The van der Waals surface area contributed by atoms with Gasteiger partial charge >= 0.3 is 5.97 Å². The normalized spacial score (nSPS) is 10.0. The molecule has 0 amide bonds. The summed E-state index contributed by atoms with van der Waals surface area (Å²) in [6.07, 6.45) is 0. The molecule has 0 heterocycles. The van der Waals surface area contributed by atoms with Crippen molar-refractivity contribution in [2.24, 2.45) is 0 Å². The summed E-state index contributed by atoms with van der Waals surface area (Å²) in [6, 6.07) is 12.8. The highest BCUT2D eigenvalue weighted by atomic mass is 19.1. The second-order valence-electron chi connectivity index (χ2n) is 3.66. The third-order valence-corrected chi connectivity index (χ3v) is 2.36. The van der Waals surface area contributed by atoms with E-state index in [0.717, 1.165) is 0 Å². The average Bonchev–Trinajstić information content (AvgIpc) is 2.30. The molecule has 2 aromatic rings. The number of carbonyl (C=O) groups is 1. The predicted octanol–water partition coefficient (Wildman–Crippen LogP) is 3.35. The summed E-state index contributed by atoms with van der Waals surface area (Å²) in [7, 11) is 0. The number of hydrogen-bond acceptors (Lipinski definition) is 2. The zero-order chi connectivity index (χ0) is 12.3. The molecular formula is C14H11FO2. The lowest BCUT2D eigenvalue weighted by Gasteiger charge is -2.06. The van der Waals surface area contributed by atoms with E-state index in [1.807, 2.05) is 6.07 Å². The largest absolute Gasteiger partial charge is 0.423 e. The zero-order valence-electron chi connectivity index (χ0n) is 9.31. The van der Waals surface area contributed by atoms with E-state index >= 15 is 0 Å². The smallest absolute Gasteiger partial charge is 0.343 e. The first-order valence-corrected chi connectivity index (χ1v) is 5.20. The number of benzene rings is 2. The molecular weight excluding hydrogens is 219 g/mol. The molecule has 0 radical (unpaired) electrons. The maximum Gasteiger partial charge on any atom is 0.343 e. The van der Waals surface area contributed by atoms with Crippen molar-refractivity contribution >= 4 is 5.97 Å². The number of esters is 1. The lowest BCUT2D eigenvalue weighted by Crippen LogP contribution is -2.10. The van der Waals surface area contributed by atoms with Crippen LogP contribution in [-0.4, -0.2) is 5.97 Å². The van der Waals surface area contributed by atoms with E-state index in [-0.39, 0.29) is 5.82 Å². The molecule has 0 bridgehead atoms. The molecule has 0 spiro atoms. The standard InChI is InChI=1S/C14H11FO2/c1-10-9-11(15)7-8-13(10)14(16)17-12-5-3-2-4-6-12/h2-9H,1H3. The summed E-state index contributed by atoms with van der Waals surface area (Å²) in [6.45, 7) is 1.67. The first-order valence-electron chi connectivity index (χ1n) is 5.20. The number of carbonyl (C=O) groups excluding carboxylic acids is 1. The summed E-state index contributed by atoms with van der Waals surface area (Å²) in [4.78, 5) is 11.8. The molecule has 0 N–H and O–H groups in total. The van der Waals surface area contributed by atoms with Crippen LogP contribution in [-0.2, 0) is 0 Å². The number of ether oxygens (including phenoxy) is 1. The van der Waals surface area contributed by atoms with E-state index in [2.05, 4.69) is 0 Å². The Balaban J connectivity index is 2.21. The van der Waals surface area contributed by atoms with Crippen LogP contribution in [0.4, 0.5) is 4.39 Å². The minimum atomic E-state index is -0.478. The third kappa shape index (κ3) is 2.69. The summed E-state index contributed by atoms with van der Waals surface area (Å²) < 4.78 is 18.0. The van der Waals surface area contributed by atoms with Crippen LogP contribution >= 0.6 is 0 Å². The summed E-state index contributed by atoms with van der Waals surface area (Å²) in [5.74, 6) is -0.367. The van der Waals surface area contributed by atoms with Crippen LogP contribution in [0, 0.1) is 12.7 Å². The van der Waals surface area contributed by atoms with Gasteiger partial charge in [-0.3, -0.25) is 0 Å². The lowest BCUT2D eigenvalue weighted by atomic mass is 10.1. The van der Waals surface area contributed by atoms with Crippen LogP contribution in [0.25, 0.3) is 0 Å². The number of halogens is 1. The molecule has 0 saturated carbocycles. The topological polar surface area (TPSA) is 26.3 Å². The van der Waals surface area contributed by atoms with E-state index < -0.39 is 5.97 Å². The summed E-state index contributed by atoms with van der Waals surface area (Å²) in [5, 5.41) is 0. The van der Waals surface area contributed by atoms with Crippen molar-refractivity contribution in [3.63, 3.8) is 0 Å². The fourth-order valence-corrected chi connectivity index (χ4v) is 1.51. The molecule has 0 fully saturated rings. The van der Waals surface area contributed by atoms with Gasteiger partial charge in [-0.15, -0.1) is 0 Å². The van der Waals surface area contributed by atoms with Crippen molar-refractivity contribution in [1.29, 1.82) is 0 Å². The number of para-hydroxylation sites is 1. The van der Waals surface area contributed by atoms with Gasteiger partial charge in [0, 0.05) is 0 Å². The van der Waals surface area contributed by atoms with Crippen molar-refractivity contribution in [1.82, 2.24) is 0 Å². The summed E-state index contributed by atoms with van der Waals surface area (Å²) in [5.41, 5.74) is 0.932. The second kappa shape index (κ2) is 4.78. The Kier molecular flexibility index (Phi) is 3.19. The molecule has 0 aromatic heterocycles. The van der Waals surface area contributed by atoms with Crippen LogP contribution in [0.2, 0.25) is 0 Å². The molecule has 17 heavy (non-hydrogen) atoms. The van der Waals surface area contributed by atoms with Gasteiger partial charge in [-0.1, -0.05) is 18.2 Å². The van der Waals surface area contributed by atoms with Crippen molar-refractivity contribution < 1.29 is 13.9 Å². The molecule has 0 aliphatic heterocycles. The van der Waals surface area contributed by atoms with Crippen molar-refractivity contribution in [2.75, 3.05) is 0 Å². The predicted molar refractivity (Wildman–Crippen MR) is 62.5 cm³/mol. The minimum absolute atomic E-state index is 0.362. The highest BCUT2D eigenvalue weighted by Gasteiger charge is 2.11. The van der Waals surface area contributed by atoms with Gasteiger partial charge in [0.05, 0.1) is 5.56 Å². The van der Waals surface area contributed by atoms with E-state index in [4.69, 9.17) is 4.74 Å². The molecule has 3 heteroatoms. The van der Waals surface area contributed by atoms with E-state index in [9.17, 15) is 9.18 Å². The number of hydrogen-bond donors (Lipinski definition) is 0. The fraction of sp³-hybridized carbons (Fsp3) is 0.0714. The first kappa shape index (κ1) is 11.3. The van der Waals surface area contributed by atoms with Crippen LogP contribution < -0.4 is 4.74 Å². The van der Waals surface area contributed by atoms with Crippen LogP contribution in [0.1, 0.15) is 15.9 Å². The number of aryl methyl sites for hydroxylation is 1. The van der Waals surface area contributed by atoms with Crippen LogP contribution in [0.5, 0.6) is 5.75 Å². The molecule has 0 aliphatic carbocycles. The van der Waals surface area contributed by atoms with E-state index in [1.165, 1.54) is 18.2 Å². The van der Waals surface area contributed by atoms with Gasteiger partial charge in [-0.05, 0) is 42.8 Å². The quantitative estimate of drug-likeness (QED) is 0.584. The highest BCUT2D eigenvalue weighted by molar-refractivity contribution is 5.92. The average molecular weight is 230 g/mol. The minimum Gasteiger partial charge on any atom is -0.423 e. The zero-order valence-corrected chi connectivity index (χ0v) is 9.31. The van der Waals surface area contributed by atoms with Crippen LogP contribution in [0.3, 0.4) is 0 Å². The molecule has 0 atom stereocenters. The van der Waals surface area contributed by atoms with E-state index in [0.29, 0.717) is 16.9 Å². The first-order chi connectivity index (χ1) is 8.16. The van der Waals surface area contributed by atoms with E-state index in [1.54, 1.807) is 31.2 Å². The van der Waals surface area contributed by atoms with Crippen LogP contribution in [0.15, 0.2) is 48.5 Å². The van der Waals surface area contributed by atoms with Gasteiger partial charge in [-0.2, -0.15) is 0 Å². The molecule has 0 aliphatic rings. The Labute approximate surface area is 98.7 Å². The third-order valence-electron chi connectivity index (χ3n) is 2.36. The lowest BCUT2D eigenvalue weighted by molar-refractivity contribution is 0.0734. The van der Waals surface area contributed by atoms with Gasteiger partial charge in [0.2, 0.25) is 0 Å². The Hall–Kier alpha value is -2.16. The molecule has 2 rings (SSSR count). The molecule has 0 unspecified atom stereocenters. The van der Waals surface area contributed by atoms with Crippen molar-refractivity contribution in [3.8, 4) is 5.75 Å². The van der Waals surface area contributed by atoms with Gasteiger partial charge in [0.25, 0.3) is 0 Å². The SMILES string of the molecule is Cc1cc(F)ccc1C(=O)Oc1ccccc1. The Morgan fingerprint density at radius 3 is 2.47 bits per heavy atom. The maximum atomic E-state index is 12.9. The Morgan fingerprint density at radius 1 is 1.12 bits per heavy atom. The van der Waals surface area contributed by atoms with Gasteiger partial charge in [0.15, 0.2) is 0 Å². The fourth-order valence-electron chi connectivity index (χ4n) is 1.51. The van der Waals surface area contributed by atoms with Crippen molar-refractivity contribution in [2.45, 2.75) is 6.92 Å². The highest BCUT2D eigenvalue weighted by Crippen LogP contribution is 2.15. The summed E-state index contributed by atoms with van der Waals surface area (Å²) >= 11 is 0. The molecule has 0 saturated heterocycles. The number of rotatable bonds is 2. The molecule has 86 valence electrons. The molecule has 2 aromatic carbocycles. The monoisotopic (exact) mass is 230 g/mol. The van der Waals surface area contributed by atoms with Gasteiger partial charge in [0.1, 0.15) is 11.6 Å².